The highest BCUT2D eigenvalue weighted by atomic mass is 16.3. The average molecular weight is 300 g/mol. The first-order valence-corrected chi connectivity index (χ1v) is 9.20. The molecule has 4 fully saturated rings. The Labute approximate surface area is 134 Å². The van der Waals surface area contributed by atoms with Gasteiger partial charge in [-0.1, -0.05) is 12.8 Å². The second-order valence-corrected chi connectivity index (χ2v) is 8.72. The summed E-state index contributed by atoms with van der Waals surface area (Å²) >= 11 is 0. The molecule has 0 aromatic rings. The van der Waals surface area contributed by atoms with Gasteiger partial charge in [0.2, 0.25) is 0 Å². The Kier molecular flexibility index (Phi) is 3.25. The third kappa shape index (κ3) is 1.81. The van der Waals surface area contributed by atoms with Crippen LogP contribution in [-0.4, -0.2) is 16.5 Å². The second-order valence-electron chi connectivity index (χ2n) is 8.72. The summed E-state index contributed by atoms with van der Waals surface area (Å²) in [5.74, 6) is 6.76. The molecule has 4 aliphatic rings. The van der Waals surface area contributed by atoms with Crippen LogP contribution in [0.1, 0.15) is 64.7 Å². The maximum Gasteiger partial charge on any atom is 0.133 e. The molecule has 7 atom stereocenters. The summed E-state index contributed by atoms with van der Waals surface area (Å²) in [6.07, 6.45) is 15.1. The van der Waals surface area contributed by atoms with Crippen LogP contribution >= 0.6 is 0 Å². The Morgan fingerprint density at radius 3 is 2.68 bits per heavy atom. The molecule has 0 saturated heterocycles. The van der Waals surface area contributed by atoms with E-state index >= 15 is 0 Å². The number of aliphatic hydroxyl groups is 1. The number of hydrogen-bond acceptors (Lipinski definition) is 2. The second kappa shape index (κ2) is 4.84. The monoisotopic (exact) mass is 300 g/mol. The molecule has 0 heterocycles. The van der Waals surface area contributed by atoms with Gasteiger partial charge in [0.1, 0.15) is 11.4 Å². The summed E-state index contributed by atoms with van der Waals surface area (Å²) in [5, 5.41) is 10.9. The van der Waals surface area contributed by atoms with E-state index < -0.39 is 5.60 Å². The Bertz CT molecular complexity index is 532. The van der Waals surface area contributed by atoms with Gasteiger partial charge < -0.3 is 5.11 Å². The van der Waals surface area contributed by atoms with Crippen molar-refractivity contribution >= 4 is 5.78 Å². The lowest BCUT2D eigenvalue weighted by molar-refractivity contribution is -0.130. The van der Waals surface area contributed by atoms with Crippen LogP contribution in [0.5, 0.6) is 0 Å². The van der Waals surface area contributed by atoms with Gasteiger partial charge >= 0.3 is 0 Å². The maximum atomic E-state index is 11.8. The van der Waals surface area contributed by atoms with Crippen LogP contribution in [0.4, 0.5) is 0 Å². The molecule has 1 N–H and O–H groups in total. The highest BCUT2D eigenvalue weighted by Gasteiger charge is 2.62. The number of hydrogen-bond donors (Lipinski definition) is 1. The van der Waals surface area contributed by atoms with Crippen molar-refractivity contribution < 1.29 is 9.90 Å². The SMILES string of the molecule is C#C[C@]1(O)CC[C@@H]2[C@@H]3CC[C@@H]4CC(=O)CC[C@@H]4[C@H]3CC[C@@]21C. The summed E-state index contributed by atoms with van der Waals surface area (Å²) in [4.78, 5) is 11.8. The molecule has 0 spiro atoms. The van der Waals surface area contributed by atoms with Gasteiger partial charge in [-0.25, -0.2) is 0 Å². The predicted molar refractivity (Wildman–Crippen MR) is 85.9 cm³/mol. The van der Waals surface area contributed by atoms with Gasteiger partial charge in [-0.2, -0.15) is 0 Å². The Morgan fingerprint density at radius 1 is 1.09 bits per heavy atom. The third-order valence-electron chi connectivity index (χ3n) is 8.16. The number of fused-ring (bicyclic) bond motifs is 5. The predicted octanol–water partition coefficient (Wildman–Crippen LogP) is 3.57. The van der Waals surface area contributed by atoms with Crippen LogP contribution in [-0.2, 0) is 4.79 Å². The summed E-state index contributed by atoms with van der Waals surface area (Å²) in [7, 11) is 0. The zero-order chi connectivity index (χ0) is 15.5. The third-order valence-corrected chi connectivity index (χ3v) is 8.16. The fraction of sp³-hybridized carbons (Fsp3) is 0.850. The van der Waals surface area contributed by atoms with Gasteiger partial charge in [0, 0.05) is 18.3 Å². The van der Waals surface area contributed by atoms with Gasteiger partial charge in [-0.15, -0.1) is 6.42 Å². The van der Waals surface area contributed by atoms with E-state index in [1.807, 2.05) is 0 Å². The van der Waals surface area contributed by atoms with E-state index in [1.54, 1.807) is 0 Å². The van der Waals surface area contributed by atoms with Crippen molar-refractivity contribution in [1.82, 2.24) is 0 Å². The zero-order valence-corrected chi connectivity index (χ0v) is 13.7. The average Bonchev–Trinajstić information content (AvgIpc) is 2.79. The highest BCUT2D eigenvalue weighted by Crippen LogP contribution is 2.65. The normalized spacial score (nSPS) is 54.0. The van der Waals surface area contributed by atoms with Crippen LogP contribution < -0.4 is 0 Å². The topological polar surface area (TPSA) is 37.3 Å². The fourth-order valence-corrected chi connectivity index (χ4v) is 6.91. The van der Waals surface area contributed by atoms with Crippen molar-refractivity contribution in [3.63, 3.8) is 0 Å². The van der Waals surface area contributed by atoms with Crippen molar-refractivity contribution in [1.29, 1.82) is 0 Å². The quantitative estimate of drug-likeness (QED) is 0.694. The van der Waals surface area contributed by atoms with Gasteiger partial charge in [0.15, 0.2) is 0 Å². The zero-order valence-electron chi connectivity index (χ0n) is 13.7. The number of carbonyl (C=O) groups excluding carboxylic acids is 1. The first kappa shape index (κ1) is 14.8. The first-order valence-electron chi connectivity index (χ1n) is 9.20. The summed E-state index contributed by atoms with van der Waals surface area (Å²) in [5.41, 5.74) is -0.970. The number of terminal acetylenes is 1. The molecule has 120 valence electrons. The Hall–Kier alpha value is -0.810. The van der Waals surface area contributed by atoms with E-state index in [9.17, 15) is 9.90 Å². The standard InChI is InChI=1S/C20H28O2/c1-3-20(22)11-9-18-17-6-4-13-12-14(21)5-7-15(13)16(17)8-10-19(18,20)2/h1,13,15-18,22H,4-12H2,2H3/t13-,15+,16-,17-,18-,19+,20+/m1/s1. The molecule has 0 radical (unpaired) electrons. The van der Waals surface area contributed by atoms with E-state index in [1.165, 1.54) is 19.3 Å². The molecule has 0 aliphatic heterocycles. The Morgan fingerprint density at radius 2 is 1.91 bits per heavy atom. The lowest BCUT2D eigenvalue weighted by Gasteiger charge is -2.56. The van der Waals surface area contributed by atoms with Crippen LogP contribution in [0.3, 0.4) is 0 Å². The fourth-order valence-electron chi connectivity index (χ4n) is 6.91. The number of Topliss-reactive ketones (excluding diaryl/α,β-unsaturated/α-hetero) is 1. The van der Waals surface area contributed by atoms with Gasteiger partial charge in [0.05, 0.1) is 0 Å². The minimum atomic E-state index is -0.887. The van der Waals surface area contributed by atoms with E-state index in [0.717, 1.165) is 56.3 Å². The van der Waals surface area contributed by atoms with E-state index in [2.05, 4.69) is 12.8 Å². The van der Waals surface area contributed by atoms with E-state index in [-0.39, 0.29) is 5.41 Å². The minimum absolute atomic E-state index is 0.0831. The lowest BCUT2D eigenvalue weighted by atomic mass is 9.49. The highest BCUT2D eigenvalue weighted by molar-refractivity contribution is 5.79. The molecule has 22 heavy (non-hydrogen) atoms. The van der Waals surface area contributed by atoms with E-state index in [0.29, 0.717) is 17.6 Å². The number of ketones is 1. The van der Waals surface area contributed by atoms with Crippen LogP contribution in [0.15, 0.2) is 0 Å². The smallest absolute Gasteiger partial charge is 0.133 e. The largest absolute Gasteiger partial charge is 0.377 e. The van der Waals surface area contributed by atoms with Crippen LogP contribution in [0.2, 0.25) is 0 Å². The van der Waals surface area contributed by atoms with Crippen molar-refractivity contribution in [2.24, 2.45) is 35.0 Å². The van der Waals surface area contributed by atoms with Crippen molar-refractivity contribution in [2.45, 2.75) is 70.3 Å². The van der Waals surface area contributed by atoms with Gasteiger partial charge in [0.25, 0.3) is 0 Å². The van der Waals surface area contributed by atoms with Crippen molar-refractivity contribution in [3.05, 3.63) is 0 Å². The molecular weight excluding hydrogens is 272 g/mol. The first-order chi connectivity index (χ1) is 10.5. The molecule has 0 aromatic heterocycles. The van der Waals surface area contributed by atoms with Crippen LogP contribution in [0, 0.1) is 47.3 Å². The summed E-state index contributed by atoms with van der Waals surface area (Å²) in [6, 6.07) is 0. The maximum absolute atomic E-state index is 11.8. The van der Waals surface area contributed by atoms with Crippen molar-refractivity contribution in [2.75, 3.05) is 0 Å². The lowest BCUT2D eigenvalue weighted by Crippen LogP contribution is -2.53. The van der Waals surface area contributed by atoms with Crippen LogP contribution in [0.25, 0.3) is 0 Å². The number of rotatable bonds is 0. The van der Waals surface area contributed by atoms with Gasteiger partial charge in [-0.3, -0.25) is 4.79 Å². The molecular formula is C20H28O2. The van der Waals surface area contributed by atoms with Crippen molar-refractivity contribution in [3.8, 4) is 12.3 Å². The van der Waals surface area contributed by atoms with E-state index in [4.69, 9.17) is 6.42 Å². The molecule has 2 heteroatoms. The molecule has 4 rings (SSSR count). The number of carbonyl (C=O) groups is 1. The van der Waals surface area contributed by atoms with Gasteiger partial charge in [-0.05, 0) is 74.5 Å². The Balaban J connectivity index is 1.61. The molecule has 4 saturated carbocycles. The molecule has 0 bridgehead atoms. The molecule has 2 nitrogen and oxygen atoms in total. The molecule has 0 amide bonds. The summed E-state index contributed by atoms with van der Waals surface area (Å²) < 4.78 is 0. The minimum Gasteiger partial charge on any atom is -0.377 e. The molecule has 0 unspecified atom stereocenters. The molecule has 4 aliphatic carbocycles. The molecule has 0 aromatic carbocycles. The summed E-state index contributed by atoms with van der Waals surface area (Å²) in [6.45, 7) is 2.25.